The first-order valence-electron chi connectivity index (χ1n) is 7.81. The Labute approximate surface area is 161 Å². The number of rotatable bonds is 6. The summed E-state index contributed by atoms with van der Waals surface area (Å²) >= 11 is 6.06. The molecule has 3 aromatic rings. The highest BCUT2D eigenvalue weighted by molar-refractivity contribution is 7.92. The third kappa shape index (κ3) is 4.60. The third-order valence-electron chi connectivity index (χ3n) is 3.64. The molecular formula is C18H15ClN4O3S. The van der Waals surface area contributed by atoms with E-state index in [0.29, 0.717) is 16.7 Å². The largest absolute Gasteiger partial charge is 0.369 e. The van der Waals surface area contributed by atoms with Crippen LogP contribution in [0.4, 0.5) is 5.69 Å². The summed E-state index contributed by atoms with van der Waals surface area (Å²) in [5.41, 5.74) is 7.22. The lowest BCUT2D eigenvalue weighted by Crippen LogP contribution is -2.14. The van der Waals surface area contributed by atoms with Crippen molar-refractivity contribution >= 4 is 33.2 Å². The molecule has 7 nitrogen and oxygen atoms in total. The molecular weight excluding hydrogens is 388 g/mol. The molecule has 0 saturated carbocycles. The van der Waals surface area contributed by atoms with E-state index in [-0.39, 0.29) is 22.2 Å². The Morgan fingerprint density at radius 2 is 1.78 bits per heavy atom. The molecule has 0 bridgehead atoms. The van der Waals surface area contributed by atoms with Crippen LogP contribution in [0.5, 0.6) is 0 Å². The van der Waals surface area contributed by atoms with Gasteiger partial charge in [-0.25, -0.2) is 13.4 Å². The minimum Gasteiger partial charge on any atom is -0.369 e. The predicted molar refractivity (Wildman–Crippen MR) is 103 cm³/mol. The van der Waals surface area contributed by atoms with Gasteiger partial charge in [-0.3, -0.25) is 14.5 Å². The Morgan fingerprint density at radius 3 is 2.48 bits per heavy atom. The van der Waals surface area contributed by atoms with Gasteiger partial charge in [0.1, 0.15) is 0 Å². The van der Waals surface area contributed by atoms with Gasteiger partial charge in [-0.15, -0.1) is 0 Å². The highest BCUT2D eigenvalue weighted by atomic mass is 35.5. The number of nitrogens with zero attached hydrogens (tertiary/aromatic N) is 2. The van der Waals surface area contributed by atoms with Gasteiger partial charge in [0.2, 0.25) is 5.91 Å². The lowest BCUT2D eigenvalue weighted by atomic mass is 10.1. The maximum Gasteiger partial charge on any atom is 0.261 e. The Bertz CT molecular complexity index is 1090. The summed E-state index contributed by atoms with van der Waals surface area (Å²) in [4.78, 5) is 19.3. The Balaban J connectivity index is 1.95. The fourth-order valence-electron chi connectivity index (χ4n) is 2.42. The number of nitrogens with one attached hydrogen (secondary N) is 1. The first-order valence-corrected chi connectivity index (χ1v) is 9.67. The smallest absolute Gasteiger partial charge is 0.261 e. The molecule has 0 atom stereocenters. The van der Waals surface area contributed by atoms with Crippen molar-refractivity contribution in [1.82, 2.24) is 9.97 Å². The van der Waals surface area contributed by atoms with Crippen LogP contribution in [-0.2, 0) is 21.2 Å². The lowest BCUT2D eigenvalue weighted by molar-refractivity contribution is -0.117. The van der Waals surface area contributed by atoms with Crippen LogP contribution in [0.15, 0.2) is 66.0 Å². The Morgan fingerprint density at radius 1 is 1.07 bits per heavy atom. The number of amides is 1. The number of benzene rings is 1. The molecule has 0 saturated heterocycles. The molecule has 27 heavy (non-hydrogen) atoms. The molecule has 0 aliphatic heterocycles. The molecule has 138 valence electrons. The number of hydrogen-bond donors (Lipinski definition) is 2. The van der Waals surface area contributed by atoms with E-state index in [1.807, 2.05) is 0 Å². The zero-order valence-corrected chi connectivity index (χ0v) is 15.5. The van der Waals surface area contributed by atoms with E-state index in [1.165, 1.54) is 24.5 Å². The predicted octanol–water partition coefficient (Wildman–Crippen LogP) is 2.63. The van der Waals surface area contributed by atoms with Gasteiger partial charge in [0, 0.05) is 29.7 Å². The number of halogens is 1. The van der Waals surface area contributed by atoms with E-state index < -0.39 is 15.9 Å². The van der Waals surface area contributed by atoms with Crippen LogP contribution in [-0.4, -0.2) is 24.3 Å². The summed E-state index contributed by atoms with van der Waals surface area (Å²) in [5, 5.41) is 0.0134. The van der Waals surface area contributed by atoms with Crippen molar-refractivity contribution in [3.8, 4) is 11.1 Å². The maximum atomic E-state index is 12.5. The molecule has 0 spiro atoms. The molecule has 2 aromatic heterocycles. The van der Waals surface area contributed by atoms with Crippen LogP contribution in [0.2, 0.25) is 5.15 Å². The van der Waals surface area contributed by atoms with E-state index in [2.05, 4.69) is 14.7 Å². The van der Waals surface area contributed by atoms with Crippen LogP contribution < -0.4 is 10.5 Å². The van der Waals surface area contributed by atoms with Crippen molar-refractivity contribution < 1.29 is 13.2 Å². The van der Waals surface area contributed by atoms with Crippen molar-refractivity contribution in [2.75, 3.05) is 4.72 Å². The van der Waals surface area contributed by atoms with Crippen molar-refractivity contribution in [2.24, 2.45) is 5.73 Å². The summed E-state index contributed by atoms with van der Waals surface area (Å²) < 4.78 is 27.5. The van der Waals surface area contributed by atoms with Gasteiger partial charge in [-0.1, -0.05) is 29.8 Å². The van der Waals surface area contributed by atoms with Gasteiger partial charge in [0.15, 0.2) is 5.15 Å². The number of pyridine rings is 2. The molecule has 1 amide bonds. The number of carbonyl (C=O) groups excluding carboxylic acids is 1. The number of hydrogen-bond acceptors (Lipinski definition) is 5. The highest BCUT2D eigenvalue weighted by Gasteiger charge is 2.16. The monoisotopic (exact) mass is 402 g/mol. The van der Waals surface area contributed by atoms with Crippen molar-refractivity contribution in [1.29, 1.82) is 0 Å². The van der Waals surface area contributed by atoms with Gasteiger partial charge in [-0.2, -0.15) is 0 Å². The minimum absolute atomic E-state index is 0.0134. The van der Waals surface area contributed by atoms with Gasteiger partial charge in [-0.05, 0) is 29.8 Å². The van der Waals surface area contributed by atoms with Gasteiger partial charge >= 0.3 is 0 Å². The quantitative estimate of drug-likeness (QED) is 0.615. The number of nitrogens with two attached hydrogens (primary N) is 1. The number of anilines is 1. The summed E-state index contributed by atoms with van der Waals surface area (Å²) in [6.07, 6.45) is 4.66. The fourth-order valence-corrected chi connectivity index (χ4v) is 3.71. The van der Waals surface area contributed by atoms with Crippen LogP contribution in [0.3, 0.4) is 0 Å². The zero-order chi connectivity index (χ0) is 19.4. The first-order chi connectivity index (χ1) is 12.8. The molecule has 1 aromatic carbocycles. The van der Waals surface area contributed by atoms with E-state index in [9.17, 15) is 13.2 Å². The van der Waals surface area contributed by atoms with Gasteiger partial charge in [0.05, 0.1) is 17.0 Å². The summed E-state index contributed by atoms with van der Waals surface area (Å²) in [7, 11) is -3.81. The van der Waals surface area contributed by atoms with Crippen LogP contribution in [0, 0.1) is 0 Å². The van der Waals surface area contributed by atoms with Crippen LogP contribution in [0.25, 0.3) is 11.1 Å². The average molecular weight is 403 g/mol. The Hall–Kier alpha value is -2.97. The molecule has 3 rings (SSSR count). The topological polar surface area (TPSA) is 115 Å². The second-order valence-electron chi connectivity index (χ2n) is 5.71. The molecule has 2 heterocycles. The van der Waals surface area contributed by atoms with Gasteiger partial charge in [0.25, 0.3) is 10.0 Å². The Kier molecular flexibility index (Phi) is 5.38. The number of carbonyl (C=O) groups is 1. The average Bonchev–Trinajstić information content (AvgIpc) is 2.64. The normalized spacial score (nSPS) is 11.1. The summed E-state index contributed by atoms with van der Waals surface area (Å²) in [5.74, 6) is -0.473. The summed E-state index contributed by atoms with van der Waals surface area (Å²) in [6.45, 7) is 0. The second kappa shape index (κ2) is 7.73. The van der Waals surface area contributed by atoms with E-state index in [1.54, 1.807) is 36.5 Å². The van der Waals surface area contributed by atoms with Gasteiger partial charge < -0.3 is 5.73 Å². The van der Waals surface area contributed by atoms with Crippen LogP contribution >= 0.6 is 11.6 Å². The molecule has 0 fully saturated rings. The third-order valence-corrected chi connectivity index (χ3v) is 5.33. The zero-order valence-electron chi connectivity index (χ0n) is 14.0. The molecule has 9 heteroatoms. The number of primary amides is 1. The van der Waals surface area contributed by atoms with Crippen molar-refractivity contribution in [3.05, 3.63) is 71.8 Å². The number of sulfonamides is 1. The van der Waals surface area contributed by atoms with Crippen molar-refractivity contribution in [3.63, 3.8) is 0 Å². The van der Waals surface area contributed by atoms with Crippen LogP contribution in [0.1, 0.15) is 5.56 Å². The van der Waals surface area contributed by atoms with E-state index in [0.717, 1.165) is 0 Å². The molecule has 0 aliphatic carbocycles. The number of aromatic nitrogens is 2. The minimum atomic E-state index is -3.81. The maximum absolute atomic E-state index is 12.5. The molecule has 0 radical (unpaired) electrons. The fraction of sp³-hybridized carbons (Fsp3) is 0.0556. The van der Waals surface area contributed by atoms with E-state index >= 15 is 0 Å². The van der Waals surface area contributed by atoms with Crippen molar-refractivity contribution in [2.45, 2.75) is 11.3 Å². The lowest BCUT2D eigenvalue weighted by Gasteiger charge is -2.11. The molecule has 0 aliphatic rings. The SMILES string of the molecule is NC(=O)Cc1cncc(-c2cnc(Cl)c(NS(=O)(=O)c3ccccc3)c2)c1. The standard InChI is InChI=1S/C18H15ClN4O3S/c19-18-16(23-27(25,26)15-4-2-1-3-5-15)8-14(11-22-18)13-6-12(7-17(20)24)9-21-10-13/h1-6,8-11,23H,7H2,(H2,20,24). The highest BCUT2D eigenvalue weighted by Crippen LogP contribution is 2.28. The first kappa shape index (κ1) is 18.8. The van der Waals surface area contributed by atoms with E-state index in [4.69, 9.17) is 17.3 Å². The molecule has 0 unspecified atom stereocenters. The molecule has 3 N–H and O–H groups in total. The summed E-state index contributed by atoms with van der Waals surface area (Å²) in [6, 6.07) is 11.2. The second-order valence-corrected chi connectivity index (χ2v) is 7.75.